The van der Waals surface area contributed by atoms with Crippen LogP contribution in [0.5, 0.6) is 0 Å². The van der Waals surface area contributed by atoms with Gasteiger partial charge in [0, 0.05) is 29.8 Å². The third kappa shape index (κ3) is 1.90. The molecule has 0 unspecified atom stereocenters. The largest absolute Gasteiger partial charge is 0.465 e. The van der Waals surface area contributed by atoms with E-state index in [-0.39, 0.29) is 11.6 Å². The Hall–Kier alpha value is -1.30. The van der Waals surface area contributed by atoms with Gasteiger partial charge in [0.05, 0.1) is 6.04 Å². The summed E-state index contributed by atoms with van der Waals surface area (Å²) in [6, 6.07) is 3.22. The molecule has 6 heteroatoms. The zero-order valence-corrected chi connectivity index (χ0v) is 9.35. The number of hydrogen-bond acceptors (Lipinski definition) is 2. The molecule has 2 rings (SSSR count). The van der Waals surface area contributed by atoms with Crippen LogP contribution >= 0.6 is 15.9 Å². The van der Waals surface area contributed by atoms with Gasteiger partial charge in [-0.2, -0.15) is 0 Å². The second-order valence-corrected chi connectivity index (χ2v) is 4.35. The molecule has 1 saturated heterocycles. The standard InChI is InChI=1S/C9H9BrN2O3/c10-6-1-2-12(8(13)3-6)7-4-11(5-7)9(14)15/h1-3,7H,4-5H2,(H,14,15). The molecule has 1 aromatic rings. The summed E-state index contributed by atoms with van der Waals surface area (Å²) >= 11 is 3.20. The lowest BCUT2D eigenvalue weighted by molar-refractivity contribution is 0.0844. The van der Waals surface area contributed by atoms with E-state index in [1.807, 2.05) is 0 Å². The van der Waals surface area contributed by atoms with Crippen LogP contribution in [-0.2, 0) is 0 Å². The highest BCUT2D eigenvalue weighted by Gasteiger charge is 2.31. The quantitative estimate of drug-likeness (QED) is 0.834. The number of likely N-dealkylation sites (tertiary alicyclic amines) is 1. The molecule has 2 heterocycles. The number of pyridine rings is 1. The van der Waals surface area contributed by atoms with E-state index in [9.17, 15) is 9.59 Å². The van der Waals surface area contributed by atoms with Crippen molar-refractivity contribution in [2.75, 3.05) is 13.1 Å². The molecule has 0 aromatic carbocycles. The highest BCUT2D eigenvalue weighted by molar-refractivity contribution is 9.10. The van der Waals surface area contributed by atoms with Crippen molar-refractivity contribution < 1.29 is 9.90 Å². The summed E-state index contributed by atoms with van der Waals surface area (Å²) in [4.78, 5) is 23.3. The Morgan fingerprint density at radius 1 is 1.53 bits per heavy atom. The van der Waals surface area contributed by atoms with Crippen LogP contribution in [0.25, 0.3) is 0 Å². The van der Waals surface area contributed by atoms with Crippen LogP contribution in [0.3, 0.4) is 0 Å². The van der Waals surface area contributed by atoms with Gasteiger partial charge in [-0.1, -0.05) is 15.9 Å². The fourth-order valence-corrected chi connectivity index (χ4v) is 1.87. The maximum atomic E-state index is 11.5. The van der Waals surface area contributed by atoms with Gasteiger partial charge in [0.1, 0.15) is 0 Å². The Balaban J connectivity index is 2.14. The van der Waals surface area contributed by atoms with Crippen molar-refractivity contribution in [2.24, 2.45) is 0 Å². The van der Waals surface area contributed by atoms with Crippen molar-refractivity contribution in [1.82, 2.24) is 9.47 Å². The number of hydrogen-bond donors (Lipinski definition) is 1. The first kappa shape index (κ1) is 10.2. The van der Waals surface area contributed by atoms with Crippen LogP contribution in [0.4, 0.5) is 4.79 Å². The molecule has 0 radical (unpaired) electrons. The average Bonchev–Trinajstić information content (AvgIpc) is 2.05. The minimum absolute atomic E-state index is 0.0262. The fraction of sp³-hybridized carbons (Fsp3) is 0.333. The molecule has 0 aliphatic carbocycles. The molecule has 1 N–H and O–H groups in total. The third-order valence-corrected chi connectivity index (χ3v) is 2.93. The van der Waals surface area contributed by atoms with Crippen LogP contribution in [0.1, 0.15) is 6.04 Å². The Kier molecular flexibility index (Phi) is 2.52. The second kappa shape index (κ2) is 3.69. The van der Waals surface area contributed by atoms with Crippen LogP contribution in [0, 0.1) is 0 Å². The van der Waals surface area contributed by atoms with Crippen molar-refractivity contribution in [1.29, 1.82) is 0 Å². The van der Waals surface area contributed by atoms with Crippen molar-refractivity contribution in [3.8, 4) is 0 Å². The minimum Gasteiger partial charge on any atom is -0.465 e. The lowest BCUT2D eigenvalue weighted by Gasteiger charge is -2.37. The highest BCUT2D eigenvalue weighted by atomic mass is 79.9. The number of rotatable bonds is 1. The van der Waals surface area contributed by atoms with Crippen molar-refractivity contribution in [3.05, 3.63) is 33.2 Å². The van der Waals surface area contributed by atoms with Crippen LogP contribution in [-0.4, -0.2) is 33.8 Å². The SMILES string of the molecule is O=C(O)N1CC(n2ccc(Br)cc2=O)C1. The Morgan fingerprint density at radius 2 is 2.20 bits per heavy atom. The van der Waals surface area contributed by atoms with Gasteiger partial charge in [-0.05, 0) is 6.07 Å². The van der Waals surface area contributed by atoms with E-state index in [4.69, 9.17) is 5.11 Å². The molecule has 0 saturated carbocycles. The van der Waals surface area contributed by atoms with Gasteiger partial charge >= 0.3 is 6.09 Å². The topological polar surface area (TPSA) is 62.5 Å². The first-order valence-electron chi connectivity index (χ1n) is 4.43. The van der Waals surface area contributed by atoms with E-state index in [0.29, 0.717) is 13.1 Å². The number of nitrogens with zero attached hydrogens (tertiary/aromatic N) is 2. The average molecular weight is 273 g/mol. The fourth-order valence-electron chi connectivity index (χ4n) is 1.55. The third-order valence-electron chi connectivity index (χ3n) is 2.44. The number of carboxylic acid groups (broad SMARTS) is 1. The number of carbonyl (C=O) groups is 1. The first-order valence-corrected chi connectivity index (χ1v) is 5.23. The van der Waals surface area contributed by atoms with Crippen LogP contribution in [0.15, 0.2) is 27.6 Å². The number of halogens is 1. The predicted octanol–water partition coefficient (Wildman–Crippen LogP) is 1.15. The van der Waals surface area contributed by atoms with E-state index in [0.717, 1.165) is 4.47 Å². The lowest BCUT2D eigenvalue weighted by Crippen LogP contribution is -2.52. The van der Waals surface area contributed by atoms with Gasteiger partial charge < -0.3 is 14.6 Å². The molecular weight excluding hydrogens is 264 g/mol. The zero-order chi connectivity index (χ0) is 11.0. The summed E-state index contributed by atoms with van der Waals surface area (Å²) in [7, 11) is 0. The van der Waals surface area contributed by atoms with Gasteiger partial charge in [0.2, 0.25) is 0 Å². The number of aromatic nitrogens is 1. The molecule has 0 bridgehead atoms. The summed E-state index contributed by atoms with van der Waals surface area (Å²) in [6.07, 6.45) is 0.743. The van der Waals surface area contributed by atoms with E-state index in [1.54, 1.807) is 16.8 Å². The van der Waals surface area contributed by atoms with Crippen molar-refractivity contribution in [2.45, 2.75) is 6.04 Å². The summed E-state index contributed by atoms with van der Waals surface area (Å²) in [5, 5.41) is 8.64. The lowest BCUT2D eigenvalue weighted by atomic mass is 10.1. The summed E-state index contributed by atoms with van der Waals surface area (Å²) in [5.74, 6) is 0. The normalized spacial score (nSPS) is 16.2. The Labute approximate surface area is 94.1 Å². The molecule has 0 spiro atoms. The molecule has 1 aromatic heterocycles. The van der Waals surface area contributed by atoms with Crippen LogP contribution < -0.4 is 5.56 Å². The van der Waals surface area contributed by atoms with E-state index < -0.39 is 6.09 Å². The van der Waals surface area contributed by atoms with Gasteiger partial charge in [0.25, 0.3) is 5.56 Å². The molecule has 1 amide bonds. The molecule has 5 nitrogen and oxygen atoms in total. The van der Waals surface area contributed by atoms with E-state index in [1.165, 1.54) is 11.0 Å². The Morgan fingerprint density at radius 3 is 2.73 bits per heavy atom. The molecular formula is C9H9BrN2O3. The van der Waals surface area contributed by atoms with Gasteiger partial charge in [-0.3, -0.25) is 4.79 Å². The van der Waals surface area contributed by atoms with Gasteiger partial charge in [0.15, 0.2) is 0 Å². The molecule has 1 aliphatic heterocycles. The van der Waals surface area contributed by atoms with E-state index >= 15 is 0 Å². The smallest absolute Gasteiger partial charge is 0.407 e. The zero-order valence-electron chi connectivity index (χ0n) is 7.76. The summed E-state index contributed by atoms with van der Waals surface area (Å²) < 4.78 is 2.29. The molecule has 1 fully saturated rings. The van der Waals surface area contributed by atoms with Gasteiger partial charge in [-0.15, -0.1) is 0 Å². The Bertz CT molecular complexity index is 451. The predicted molar refractivity (Wildman–Crippen MR) is 57.0 cm³/mol. The summed E-state index contributed by atoms with van der Waals surface area (Å²) in [5.41, 5.74) is -0.112. The molecule has 15 heavy (non-hydrogen) atoms. The van der Waals surface area contributed by atoms with E-state index in [2.05, 4.69) is 15.9 Å². The first-order chi connectivity index (χ1) is 7.08. The molecule has 0 atom stereocenters. The van der Waals surface area contributed by atoms with Gasteiger partial charge in [-0.25, -0.2) is 4.79 Å². The monoisotopic (exact) mass is 272 g/mol. The highest BCUT2D eigenvalue weighted by Crippen LogP contribution is 2.19. The van der Waals surface area contributed by atoms with Crippen LogP contribution in [0.2, 0.25) is 0 Å². The van der Waals surface area contributed by atoms with Crippen molar-refractivity contribution >= 4 is 22.0 Å². The molecule has 80 valence electrons. The molecule has 1 aliphatic rings. The van der Waals surface area contributed by atoms with Crippen molar-refractivity contribution in [3.63, 3.8) is 0 Å². The summed E-state index contributed by atoms with van der Waals surface area (Å²) in [6.45, 7) is 0.772. The maximum absolute atomic E-state index is 11.5. The number of amides is 1. The second-order valence-electron chi connectivity index (χ2n) is 3.43. The maximum Gasteiger partial charge on any atom is 0.407 e. The minimum atomic E-state index is -0.934.